The first kappa shape index (κ1) is 9.08. The Morgan fingerprint density at radius 1 is 1.42 bits per heavy atom. The maximum Gasteiger partial charge on any atom is 0.488 e. The summed E-state index contributed by atoms with van der Waals surface area (Å²) in [5.74, 6) is 0. The second kappa shape index (κ2) is 3.59. The Morgan fingerprint density at radius 3 is 2.58 bits per heavy atom. The van der Waals surface area contributed by atoms with Crippen molar-refractivity contribution in [3.05, 3.63) is 34.6 Å². The molecule has 0 amide bonds. The van der Waals surface area contributed by atoms with Gasteiger partial charge in [0.15, 0.2) is 0 Å². The summed E-state index contributed by atoms with van der Waals surface area (Å²) in [5.41, 5.74) is 0.382. The van der Waals surface area contributed by atoms with E-state index in [1.165, 1.54) is 12.1 Å². The van der Waals surface area contributed by atoms with Gasteiger partial charge in [-0.2, -0.15) is 0 Å². The molecule has 0 saturated heterocycles. The molecule has 3 nitrogen and oxygen atoms in total. The van der Waals surface area contributed by atoms with Gasteiger partial charge >= 0.3 is 7.12 Å². The molecule has 0 bridgehead atoms. The third-order valence-electron chi connectivity index (χ3n) is 1.41. The van der Waals surface area contributed by atoms with Crippen molar-refractivity contribution in [2.24, 2.45) is 0 Å². The molecule has 0 fully saturated rings. The lowest BCUT2D eigenvalue weighted by atomic mass is 9.80. The van der Waals surface area contributed by atoms with E-state index in [2.05, 4.69) is 4.85 Å². The molecule has 5 heteroatoms. The highest BCUT2D eigenvalue weighted by Gasteiger charge is 2.16. The first-order valence-electron chi connectivity index (χ1n) is 3.19. The average molecular weight is 181 g/mol. The van der Waals surface area contributed by atoms with Gasteiger partial charge in [-0.1, -0.05) is 29.8 Å². The minimum Gasteiger partial charge on any atom is -0.423 e. The molecule has 12 heavy (non-hydrogen) atoms. The predicted octanol–water partition coefficient (Wildman–Crippen LogP) is 0.571. The SMILES string of the molecule is [C-]#[N+]c1cccc(B(O)O)c1Cl. The maximum atomic E-state index is 8.79. The third kappa shape index (κ3) is 1.59. The van der Waals surface area contributed by atoms with Crippen molar-refractivity contribution in [2.45, 2.75) is 0 Å². The Kier molecular flexibility index (Phi) is 2.72. The zero-order valence-corrected chi connectivity index (χ0v) is 6.78. The summed E-state index contributed by atoms with van der Waals surface area (Å²) in [5, 5.41) is 17.7. The Hall–Kier alpha value is -1.02. The van der Waals surface area contributed by atoms with Gasteiger partial charge < -0.3 is 10.0 Å². The smallest absolute Gasteiger partial charge is 0.423 e. The molecule has 0 unspecified atom stereocenters. The van der Waals surface area contributed by atoms with Crippen LogP contribution in [0.3, 0.4) is 0 Å². The largest absolute Gasteiger partial charge is 0.488 e. The normalized spacial score (nSPS) is 9.17. The van der Waals surface area contributed by atoms with Gasteiger partial charge in [0, 0.05) is 5.02 Å². The minimum absolute atomic E-state index is 0.0995. The Morgan fingerprint density at radius 2 is 2.08 bits per heavy atom. The summed E-state index contributed by atoms with van der Waals surface area (Å²) in [6.45, 7) is 6.70. The van der Waals surface area contributed by atoms with E-state index in [1.54, 1.807) is 6.07 Å². The van der Waals surface area contributed by atoms with Crippen LogP contribution in [0.15, 0.2) is 18.2 Å². The zero-order valence-electron chi connectivity index (χ0n) is 6.03. The Balaban J connectivity index is 3.25. The van der Waals surface area contributed by atoms with Gasteiger partial charge in [0.05, 0.1) is 6.57 Å². The molecule has 0 aromatic heterocycles. The fourth-order valence-corrected chi connectivity index (χ4v) is 1.09. The molecule has 0 radical (unpaired) electrons. The van der Waals surface area contributed by atoms with Gasteiger partial charge in [0.25, 0.3) is 0 Å². The van der Waals surface area contributed by atoms with E-state index in [9.17, 15) is 0 Å². The van der Waals surface area contributed by atoms with Crippen LogP contribution in [0.5, 0.6) is 0 Å². The van der Waals surface area contributed by atoms with Gasteiger partial charge in [-0.25, -0.2) is 4.85 Å². The first-order chi connectivity index (χ1) is 5.66. The van der Waals surface area contributed by atoms with Crippen LogP contribution in [0.1, 0.15) is 0 Å². The molecule has 1 rings (SSSR count). The van der Waals surface area contributed by atoms with Crippen LogP contribution < -0.4 is 5.46 Å². The molecule has 1 aromatic rings. The Labute approximate surface area is 75.2 Å². The highest BCUT2D eigenvalue weighted by atomic mass is 35.5. The average Bonchev–Trinajstić information content (AvgIpc) is 2.04. The molecular formula is C7H5BClNO2. The van der Waals surface area contributed by atoms with Crippen LogP contribution >= 0.6 is 11.6 Å². The summed E-state index contributed by atoms with van der Waals surface area (Å²) in [6, 6.07) is 4.52. The minimum atomic E-state index is -1.63. The molecule has 60 valence electrons. The van der Waals surface area contributed by atoms with E-state index < -0.39 is 7.12 Å². The fraction of sp³-hybridized carbons (Fsp3) is 0. The highest BCUT2D eigenvalue weighted by Crippen LogP contribution is 2.21. The number of benzene rings is 1. The van der Waals surface area contributed by atoms with E-state index in [-0.39, 0.29) is 16.2 Å². The van der Waals surface area contributed by atoms with E-state index in [0.717, 1.165) is 0 Å². The van der Waals surface area contributed by atoms with Crippen LogP contribution in [0.4, 0.5) is 5.69 Å². The Bertz CT molecular complexity index is 335. The van der Waals surface area contributed by atoms with Crippen LogP contribution in [0.2, 0.25) is 5.02 Å². The number of halogens is 1. The van der Waals surface area contributed by atoms with Crippen LogP contribution in [0.25, 0.3) is 4.85 Å². The lowest BCUT2D eigenvalue weighted by molar-refractivity contribution is 0.426. The molecule has 0 aliphatic rings. The summed E-state index contributed by atoms with van der Waals surface area (Å²) < 4.78 is 0. The van der Waals surface area contributed by atoms with Gasteiger partial charge in [-0.15, -0.1) is 0 Å². The second-order valence-corrected chi connectivity index (χ2v) is 2.54. The van der Waals surface area contributed by atoms with Crippen molar-refractivity contribution in [3.8, 4) is 0 Å². The van der Waals surface area contributed by atoms with E-state index in [4.69, 9.17) is 28.2 Å². The lowest BCUT2D eigenvalue weighted by Crippen LogP contribution is -2.30. The van der Waals surface area contributed by atoms with Gasteiger partial charge in [-0.05, 0) is 5.46 Å². The van der Waals surface area contributed by atoms with E-state index >= 15 is 0 Å². The summed E-state index contributed by atoms with van der Waals surface area (Å²) in [6.07, 6.45) is 0. The van der Waals surface area contributed by atoms with E-state index in [1.807, 2.05) is 0 Å². The fourth-order valence-electron chi connectivity index (χ4n) is 0.823. The van der Waals surface area contributed by atoms with Crippen molar-refractivity contribution in [1.29, 1.82) is 0 Å². The molecule has 0 aliphatic heterocycles. The van der Waals surface area contributed by atoms with Crippen LogP contribution in [-0.2, 0) is 0 Å². The predicted molar refractivity (Wildman–Crippen MR) is 47.5 cm³/mol. The van der Waals surface area contributed by atoms with Gasteiger partial charge in [-0.3, -0.25) is 0 Å². The van der Waals surface area contributed by atoms with Crippen molar-refractivity contribution >= 4 is 29.9 Å². The van der Waals surface area contributed by atoms with Crippen molar-refractivity contribution in [3.63, 3.8) is 0 Å². The topological polar surface area (TPSA) is 44.8 Å². The molecule has 0 spiro atoms. The number of nitrogens with zero attached hydrogens (tertiary/aromatic N) is 1. The summed E-state index contributed by atoms with van der Waals surface area (Å²) in [4.78, 5) is 3.11. The first-order valence-corrected chi connectivity index (χ1v) is 3.56. The van der Waals surface area contributed by atoms with Gasteiger partial charge in [0.2, 0.25) is 5.69 Å². The highest BCUT2D eigenvalue weighted by molar-refractivity contribution is 6.63. The van der Waals surface area contributed by atoms with Crippen molar-refractivity contribution in [2.75, 3.05) is 0 Å². The number of hydrogen-bond acceptors (Lipinski definition) is 2. The quantitative estimate of drug-likeness (QED) is 0.491. The third-order valence-corrected chi connectivity index (χ3v) is 1.82. The molecule has 2 N–H and O–H groups in total. The van der Waals surface area contributed by atoms with E-state index in [0.29, 0.717) is 0 Å². The summed E-state index contributed by atoms with van der Waals surface area (Å²) in [7, 11) is -1.63. The lowest BCUT2D eigenvalue weighted by Gasteiger charge is -2.02. The van der Waals surface area contributed by atoms with Crippen molar-refractivity contribution in [1.82, 2.24) is 0 Å². The molecule has 1 aromatic carbocycles. The molecule has 0 atom stereocenters. The van der Waals surface area contributed by atoms with Crippen molar-refractivity contribution < 1.29 is 10.0 Å². The number of hydrogen-bond donors (Lipinski definition) is 2. The monoisotopic (exact) mass is 181 g/mol. The second-order valence-electron chi connectivity index (χ2n) is 2.17. The maximum absolute atomic E-state index is 8.79. The molecule has 0 heterocycles. The zero-order chi connectivity index (χ0) is 9.14. The number of rotatable bonds is 1. The molecular weight excluding hydrogens is 176 g/mol. The van der Waals surface area contributed by atoms with Crippen LogP contribution in [-0.4, -0.2) is 17.2 Å². The van der Waals surface area contributed by atoms with Gasteiger partial charge in [0.1, 0.15) is 0 Å². The molecule has 0 aliphatic carbocycles. The molecule has 0 saturated carbocycles. The summed E-state index contributed by atoms with van der Waals surface area (Å²) >= 11 is 5.67. The van der Waals surface area contributed by atoms with Crippen LogP contribution in [0, 0.1) is 6.57 Å². The standard InChI is InChI=1S/C7H5BClNO2/c1-10-6-4-2-3-5(7(6)9)8(11)12/h2-4,11-12H.